The van der Waals surface area contributed by atoms with Crippen LogP contribution in [0.2, 0.25) is 5.02 Å². The van der Waals surface area contributed by atoms with Gasteiger partial charge in [0.05, 0.1) is 28.4 Å². The van der Waals surface area contributed by atoms with Crippen LogP contribution in [0.3, 0.4) is 0 Å². The number of benzene rings is 2. The molecule has 9 nitrogen and oxygen atoms in total. The lowest BCUT2D eigenvalue weighted by atomic mass is 10.1. The number of fused-ring (bicyclic) bond motifs is 6. The average Bonchev–Trinajstić information content (AvgIpc) is 3.59. The maximum absolute atomic E-state index is 13.5. The van der Waals surface area contributed by atoms with Crippen molar-refractivity contribution in [1.29, 1.82) is 5.26 Å². The predicted molar refractivity (Wildman–Crippen MR) is 127 cm³/mol. The van der Waals surface area contributed by atoms with Crippen molar-refractivity contribution in [2.45, 2.75) is 31.5 Å². The van der Waals surface area contributed by atoms with Crippen molar-refractivity contribution in [3.8, 4) is 17.6 Å². The molecule has 4 heterocycles. The fourth-order valence-corrected chi connectivity index (χ4v) is 5.82. The molecule has 6 rings (SSSR count). The molecule has 0 radical (unpaired) electrons. The second kappa shape index (κ2) is 7.48. The second-order valence-electron chi connectivity index (χ2n) is 8.60. The number of halogens is 1. The minimum Gasteiger partial charge on any atom is -0.454 e. The van der Waals surface area contributed by atoms with E-state index >= 15 is 0 Å². The van der Waals surface area contributed by atoms with Gasteiger partial charge in [-0.1, -0.05) is 11.6 Å². The summed E-state index contributed by atoms with van der Waals surface area (Å²) in [7, 11) is 0. The molecule has 11 heteroatoms. The normalized spacial score (nSPS) is 24.0. The molecule has 3 saturated heterocycles. The third-order valence-electron chi connectivity index (χ3n) is 6.87. The Morgan fingerprint density at radius 3 is 2.82 bits per heavy atom. The number of piperazine rings is 1. The van der Waals surface area contributed by atoms with Crippen LogP contribution in [0.15, 0.2) is 30.3 Å². The number of ether oxygens (including phenoxy) is 2. The number of likely N-dealkylation sites (tertiary alicyclic amines) is 1. The lowest BCUT2D eigenvalue weighted by molar-refractivity contribution is -0.120. The quantitative estimate of drug-likeness (QED) is 0.501. The minimum atomic E-state index is -0.628. The minimum absolute atomic E-state index is 0.123. The van der Waals surface area contributed by atoms with Crippen LogP contribution in [-0.4, -0.2) is 58.3 Å². The Bertz CT molecular complexity index is 1330. The van der Waals surface area contributed by atoms with Gasteiger partial charge in [-0.3, -0.25) is 4.79 Å². The molecular formula is C23H18ClN5O4S. The van der Waals surface area contributed by atoms with E-state index in [1.54, 1.807) is 17.9 Å². The molecule has 34 heavy (non-hydrogen) atoms. The number of anilines is 2. The van der Waals surface area contributed by atoms with Crippen LogP contribution in [0.4, 0.5) is 16.2 Å². The Hall–Kier alpha value is -3.55. The Morgan fingerprint density at radius 1 is 1.24 bits per heavy atom. The van der Waals surface area contributed by atoms with Crippen LogP contribution in [0.25, 0.3) is 0 Å². The van der Waals surface area contributed by atoms with Crippen LogP contribution in [0, 0.1) is 18.3 Å². The van der Waals surface area contributed by atoms with Gasteiger partial charge in [-0.05, 0) is 55.4 Å². The Morgan fingerprint density at radius 2 is 2.03 bits per heavy atom. The van der Waals surface area contributed by atoms with E-state index in [1.807, 2.05) is 29.2 Å². The third kappa shape index (κ3) is 2.87. The second-order valence-corrected chi connectivity index (χ2v) is 9.36. The molecule has 3 unspecified atom stereocenters. The van der Waals surface area contributed by atoms with Gasteiger partial charge in [0.1, 0.15) is 12.1 Å². The molecule has 0 saturated carbocycles. The van der Waals surface area contributed by atoms with E-state index in [0.29, 0.717) is 46.4 Å². The summed E-state index contributed by atoms with van der Waals surface area (Å²) >= 11 is 12.0. The Labute approximate surface area is 205 Å². The highest BCUT2D eigenvalue weighted by atomic mass is 35.5. The van der Waals surface area contributed by atoms with E-state index in [1.165, 1.54) is 11.0 Å². The SMILES string of the molecule is Cc1c(N2C(=O)C3C4CC(CN4C(=S)Nc4ccc5c(c4)OCO5)N3C2=O)ccc(C#N)c1Cl. The standard InChI is InChI=1S/C23H18ClN5O4S/c1-11-15(4-2-12(8-25)19(11)24)29-21(30)20-16-7-14(28(20)23(29)31)9-27(16)22(34)26-13-3-5-17-18(6-13)33-10-32-17/h2-6,14,16,20H,7,9-10H2,1H3,(H,26,34). The summed E-state index contributed by atoms with van der Waals surface area (Å²) in [5, 5.41) is 13.2. The lowest BCUT2D eigenvalue weighted by Crippen LogP contribution is -2.55. The van der Waals surface area contributed by atoms with Crippen molar-refractivity contribution >= 4 is 52.2 Å². The van der Waals surface area contributed by atoms with Crippen molar-refractivity contribution in [2.24, 2.45) is 0 Å². The summed E-state index contributed by atoms with van der Waals surface area (Å²) in [6, 6.07) is 9.29. The van der Waals surface area contributed by atoms with Crippen LogP contribution in [0.1, 0.15) is 17.5 Å². The van der Waals surface area contributed by atoms with Gasteiger partial charge in [0, 0.05) is 18.3 Å². The first-order valence-corrected chi connectivity index (χ1v) is 11.5. The summed E-state index contributed by atoms with van der Waals surface area (Å²) in [5.41, 5.74) is 1.98. The van der Waals surface area contributed by atoms with Crippen molar-refractivity contribution in [3.63, 3.8) is 0 Å². The first-order chi connectivity index (χ1) is 16.4. The summed E-state index contributed by atoms with van der Waals surface area (Å²) in [6.07, 6.45) is 0.673. The first-order valence-electron chi connectivity index (χ1n) is 10.7. The Kier molecular flexibility index (Phi) is 4.62. The number of hydrogen-bond donors (Lipinski definition) is 1. The van der Waals surface area contributed by atoms with Gasteiger partial charge in [-0.2, -0.15) is 5.26 Å². The number of urea groups is 1. The van der Waals surface area contributed by atoms with Crippen molar-refractivity contribution in [2.75, 3.05) is 23.6 Å². The highest BCUT2D eigenvalue weighted by Crippen LogP contribution is 2.44. The van der Waals surface area contributed by atoms with E-state index in [2.05, 4.69) is 5.32 Å². The van der Waals surface area contributed by atoms with Gasteiger partial charge in [-0.15, -0.1) is 0 Å². The van der Waals surface area contributed by atoms with Gasteiger partial charge < -0.3 is 24.6 Å². The van der Waals surface area contributed by atoms with E-state index in [-0.39, 0.29) is 35.8 Å². The van der Waals surface area contributed by atoms with E-state index in [0.717, 1.165) is 5.69 Å². The highest BCUT2D eigenvalue weighted by molar-refractivity contribution is 7.80. The maximum atomic E-state index is 13.5. The molecule has 4 aliphatic heterocycles. The number of nitrogens with zero attached hydrogens (tertiary/aromatic N) is 4. The van der Waals surface area contributed by atoms with Crippen molar-refractivity contribution in [1.82, 2.24) is 9.80 Å². The van der Waals surface area contributed by atoms with Gasteiger partial charge >= 0.3 is 6.03 Å². The van der Waals surface area contributed by atoms with Crippen LogP contribution < -0.4 is 19.7 Å². The van der Waals surface area contributed by atoms with Crippen LogP contribution >= 0.6 is 23.8 Å². The molecule has 3 amide bonds. The molecule has 3 atom stereocenters. The number of nitriles is 1. The van der Waals surface area contributed by atoms with Gasteiger partial charge in [0.25, 0.3) is 5.91 Å². The van der Waals surface area contributed by atoms with Crippen molar-refractivity contribution < 1.29 is 19.1 Å². The predicted octanol–water partition coefficient (Wildman–Crippen LogP) is 3.24. The molecule has 0 spiro atoms. The molecule has 3 fully saturated rings. The smallest absolute Gasteiger partial charge is 0.332 e. The van der Waals surface area contributed by atoms with E-state index in [9.17, 15) is 14.9 Å². The Balaban J connectivity index is 1.25. The van der Waals surface area contributed by atoms with Crippen molar-refractivity contribution in [3.05, 3.63) is 46.5 Å². The average molecular weight is 496 g/mol. The molecule has 2 bridgehead atoms. The molecule has 1 N–H and O–H groups in total. The van der Waals surface area contributed by atoms with Crippen LogP contribution in [0.5, 0.6) is 11.5 Å². The molecular weight excluding hydrogens is 478 g/mol. The number of thiocarbonyl (C=S) groups is 1. The number of imide groups is 1. The summed E-state index contributed by atoms with van der Waals surface area (Å²) in [6.45, 7) is 2.43. The van der Waals surface area contributed by atoms with E-state index in [4.69, 9.17) is 33.3 Å². The fourth-order valence-electron chi connectivity index (χ4n) is 5.29. The summed E-state index contributed by atoms with van der Waals surface area (Å²) < 4.78 is 10.8. The molecule has 172 valence electrons. The largest absolute Gasteiger partial charge is 0.454 e. The highest BCUT2D eigenvalue weighted by Gasteiger charge is 2.62. The zero-order chi connectivity index (χ0) is 23.7. The van der Waals surface area contributed by atoms with Gasteiger partial charge in [0.2, 0.25) is 6.79 Å². The maximum Gasteiger partial charge on any atom is 0.332 e. The number of hydrogen-bond acceptors (Lipinski definition) is 6. The number of amides is 3. The molecule has 2 aromatic carbocycles. The summed E-state index contributed by atoms with van der Waals surface area (Å²) in [5.74, 6) is 1.02. The van der Waals surface area contributed by atoms with Gasteiger partial charge in [0.15, 0.2) is 16.6 Å². The number of nitrogens with one attached hydrogen (secondary N) is 1. The lowest BCUT2D eigenvalue weighted by Gasteiger charge is -2.36. The number of carbonyl (C=O) groups is 2. The molecule has 2 aromatic rings. The molecule has 4 aliphatic rings. The van der Waals surface area contributed by atoms with E-state index < -0.39 is 6.04 Å². The molecule has 0 aliphatic carbocycles. The number of rotatable bonds is 2. The van der Waals surface area contributed by atoms with Crippen LogP contribution in [-0.2, 0) is 4.79 Å². The first kappa shape index (κ1) is 21.0. The van der Waals surface area contributed by atoms with Gasteiger partial charge in [-0.25, -0.2) is 9.69 Å². The fraction of sp³-hybridized carbons (Fsp3) is 0.304. The topological polar surface area (TPSA) is 98.1 Å². The summed E-state index contributed by atoms with van der Waals surface area (Å²) in [4.78, 5) is 31.6. The monoisotopic (exact) mass is 495 g/mol. The molecule has 0 aromatic heterocycles. The zero-order valence-corrected chi connectivity index (χ0v) is 19.5. The third-order valence-corrected chi connectivity index (χ3v) is 7.69. The zero-order valence-electron chi connectivity index (χ0n) is 17.9. The number of carbonyl (C=O) groups excluding carboxylic acids is 2.